The second-order valence-electron chi connectivity index (χ2n) is 3.91. The van der Waals surface area contributed by atoms with Crippen LogP contribution in [0.15, 0.2) is 36.4 Å². The van der Waals surface area contributed by atoms with Gasteiger partial charge >= 0.3 is 5.69 Å². The summed E-state index contributed by atoms with van der Waals surface area (Å²) >= 11 is 5.95. The fourth-order valence-corrected chi connectivity index (χ4v) is 1.81. The molecule has 0 spiro atoms. The molecule has 0 radical (unpaired) electrons. The summed E-state index contributed by atoms with van der Waals surface area (Å²) in [5, 5.41) is 28.7. The van der Waals surface area contributed by atoms with Gasteiger partial charge in [0.15, 0.2) is 0 Å². The first-order valence-electron chi connectivity index (χ1n) is 5.61. The Morgan fingerprint density at radius 1 is 1.05 bits per heavy atom. The van der Waals surface area contributed by atoms with Crippen LogP contribution in [0.5, 0.6) is 11.5 Å². The Balaban J connectivity index is 2.46. The minimum atomic E-state index is -0.617. The van der Waals surface area contributed by atoms with Crippen LogP contribution in [-0.2, 0) is 0 Å². The molecular formula is C14H6ClN3O3. The molecule has 0 N–H and O–H groups in total. The maximum absolute atomic E-state index is 11.0. The van der Waals surface area contributed by atoms with Crippen LogP contribution in [0.3, 0.4) is 0 Å². The molecule has 0 amide bonds. The molecule has 0 saturated carbocycles. The van der Waals surface area contributed by atoms with Crippen molar-refractivity contribution in [3.8, 4) is 23.6 Å². The average molecular weight is 300 g/mol. The number of nitriles is 2. The second-order valence-corrected chi connectivity index (χ2v) is 4.32. The molecular weight excluding hydrogens is 294 g/mol. The van der Waals surface area contributed by atoms with Crippen LogP contribution in [0, 0.1) is 32.8 Å². The van der Waals surface area contributed by atoms with E-state index in [0.717, 1.165) is 0 Å². The first-order valence-corrected chi connectivity index (χ1v) is 5.99. The average Bonchev–Trinajstić information content (AvgIpc) is 2.48. The Morgan fingerprint density at radius 2 is 1.67 bits per heavy atom. The summed E-state index contributed by atoms with van der Waals surface area (Å²) in [7, 11) is 0. The highest BCUT2D eigenvalue weighted by Gasteiger charge is 2.17. The lowest BCUT2D eigenvalue weighted by Crippen LogP contribution is -1.95. The summed E-state index contributed by atoms with van der Waals surface area (Å²) in [5.74, 6) is 0.0690. The largest absolute Gasteiger partial charge is 0.449 e. The molecule has 2 rings (SSSR count). The summed E-state index contributed by atoms with van der Waals surface area (Å²) in [4.78, 5) is 10.3. The van der Waals surface area contributed by atoms with Crippen LogP contribution >= 0.6 is 11.6 Å². The van der Waals surface area contributed by atoms with Gasteiger partial charge in [0, 0.05) is 12.1 Å². The Morgan fingerprint density at radius 3 is 2.24 bits per heavy atom. The highest BCUT2D eigenvalue weighted by atomic mass is 35.5. The van der Waals surface area contributed by atoms with Gasteiger partial charge in [-0.05, 0) is 24.3 Å². The van der Waals surface area contributed by atoms with Gasteiger partial charge in [0.25, 0.3) is 0 Å². The smallest absolute Gasteiger partial charge is 0.311 e. The third-order valence-corrected chi connectivity index (χ3v) is 2.86. The van der Waals surface area contributed by atoms with Gasteiger partial charge in [0.2, 0.25) is 5.75 Å². The molecule has 102 valence electrons. The number of hydrogen-bond acceptors (Lipinski definition) is 5. The number of rotatable bonds is 3. The van der Waals surface area contributed by atoms with E-state index in [9.17, 15) is 10.1 Å². The van der Waals surface area contributed by atoms with Crippen molar-refractivity contribution >= 4 is 17.3 Å². The molecule has 0 aliphatic heterocycles. The quantitative estimate of drug-likeness (QED) is 0.634. The lowest BCUT2D eigenvalue weighted by molar-refractivity contribution is -0.385. The van der Waals surface area contributed by atoms with E-state index in [2.05, 4.69) is 0 Å². The molecule has 0 unspecified atom stereocenters. The number of nitro benzene ring substituents is 1. The van der Waals surface area contributed by atoms with Crippen molar-refractivity contribution in [1.29, 1.82) is 10.5 Å². The molecule has 0 heterocycles. The highest BCUT2D eigenvalue weighted by Crippen LogP contribution is 2.35. The topological polar surface area (TPSA) is 99.9 Å². The van der Waals surface area contributed by atoms with Crippen molar-refractivity contribution in [2.24, 2.45) is 0 Å². The molecule has 0 fully saturated rings. The van der Waals surface area contributed by atoms with Gasteiger partial charge in [-0.15, -0.1) is 0 Å². The van der Waals surface area contributed by atoms with Crippen molar-refractivity contribution < 1.29 is 9.66 Å². The molecule has 6 nitrogen and oxygen atoms in total. The van der Waals surface area contributed by atoms with Gasteiger partial charge in [-0.1, -0.05) is 11.6 Å². The van der Waals surface area contributed by atoms with Gasteiger partial charge in [-0.25, -0.2) is 0 Å². The molecule has 2 aromatic carbocycles. The van der Waals surface area contributed by atoms with E-state index in [-0.39, 0.29) is 27.8 Å². The lowest BCUT2D eigenvalue weighted by Gasteiger charge is -2.08. The fourth-order valence-electron chi connectivity index (χ4n) is 1.59. The molecule has 21 heavy (non-hydrogen) atoms. The minimum Gasteiger partial charge on any atom is -0.449 e. The first-order chi connectivity index (χ1) is 10.0. The third kappa shape index (κ3) is 3.08. The van der Waals surface area contributed by atoms with E-state index in [0.29, 0.717) is 5.56 Å². The second kappa shape index (κ2) is 5.91. The molecule has 0 aliphatic rings. The van der Waals surface area contributed by atoms with Crippen molar-refractivity contribution in [3.05, 3.63) is 62.7 Å². The summed E-state index contributed by atoms with van der Waals surface area (Å²) in [6, 6.07) is 11.8. The molecule has 2 aromatic rings. The highest BCUT2D eigenvalue weighted by molar-refractivity contribution is 6.32. The van der Waals surface area contributed by atoms with Crippen molar-refractivity contribution in [2.75, 3.05) is 0 Å². The van der Waals surface area contributed by atoms with Gasteiger partial charge in [-0.2, -0.15) is 10.5 Å². The molecule has 0 bridgehead atoms. The van der Waals surface area contributed by atoms with E-state index < -0.39 is 4.92 Å². The van der Waals surface area contributed by atoms with E-state index >= 15 is 0 Å². The van der Waals surface area contributed by atoms with E-state index in [1.807, 2.05) is 12.1 Å². The van der Waals surface area contributed by atoms with Crippen molar-refractivity contribution in [1.82, 2.24) is 0 Å². The van der Waals surface area contributed by atoms with Gasteiger partial charge in [-0.3, -0.25) is 10.1 Å². The standard InChI is InChI=1S/C14H6ClN3O3/c15-11-5-9(7-16)2-4-13(11)21-14-6-10(8-17)1-3-12(14)18(19)20/h1-6H. The predicted molar refractivity (Wildman–Crippen MR) is 74.1 cm³/mol. The van der Waals surface area contributed by atoms with Crippen LogP contribution < -0.4 is 4.74 Å². The van der Waals surface area contributed by atoms with Gasteiger partial charge in [0.05, 0.1) is 33.2 Å². The summed E-state index contributed by atoms with van der Waals surface area (Å²) in [6.45, 7) is 0. The third-order valence-electron chi connectivity index (χ3n) is 2.57. The van der Waals surface area contributed by atoms with E-state index in [1.165, 1.54) is 36.4 Å². The normalized spacial score (nSPS) is 9.48. The first kappa shape index (κ1) is 14.3. The summed E-state index contributed by atoms with van der Waals surface area (Å²) in [6.07, 6.45) is 0. The maximum Gasteiger partial charge on any atom is 0.311 e. The predicted octanol–water partition coefficient (Wildman–Crippen LogP) is 3.78. The summed E-state index contributed by atoms with van der Waals surface area (Å²) in [5.41, 5.74) is 0.280. The molecule has 0 atom stereocenters. The zero-order valence-electron chi connectivity index (χ0n) is 10.4. The van der Waals surface area contributed by atoms with Crippen molar-refractivity contribution in [3.63, 3.8) is 0 Å². The van der Waals surface area contributed by atoms with Crippen LogP contribution in [0.1, 0.15) is 11.1 Å². The van der Waals surface area contributed by atoms with Crippen LogP contribution in [0.4, 0.5) is 5.69 Å². The molecule has 0 aromatic heterocycles. The molecule has 7 heteroatoms. The Hall–Kier alpha value is -3.09. The number of benzene rings is 2. The molecule has 0 saturated heterocycles. The number of halogens is 1. The Bertz CT molecular complexity index is 806. The monoisotopic (exact) mass is 299 g/mol. The SMILES string of the molecule is N#Cc1ccc(Oc2cc(C#N)ccc2[N+](=O)[O-])c(Cl)c1. The summed E-state index contributed by atoms with van der Waals surface area (Å²) < 4.78 is 5.41. The zero-order chi connectivity index (χ0) is 15.4. The zero-order valence-corrected chi connectivity index (χ0v) is 11.2. The Labute approximate surface area is 124 Å². The van der Waals surface area contributed by atoms with Crippen LogP contribution in [0.2, 0.25) is 5.02 Å². The maximum atomic E-state index is 11.0. The minimum absolute atomic E-state index is 0.0920. The molecule has 0 aliphatic carbocycles. The number of ether oxygens (including phenoxy) is 1. The van der Waals surface area contributed by atoms with Crippen molar-refractivity contribution in [2.45, 2.75) is 0 Å². The lowest BCUT2D eigenvalue weighted by atomic mass is 10.2. The van der Waals surface area contributed by atoms with Gasteiger partial charge in [0.1, 0.15) is 5.75 Å². The van der Waals surface area contributed by atoms with Crippen LogP contribution in [0.25, 0.3) is 0 Å². The number of hydrogen-bond donors (Lipinski definition) is 0. The number of nitrogens with zero attached hydrogens (tertiary/aromatic N) is 3. The van der Waals surface area contributed by atoms with Gasteiger partial charge < -0.3 is 4.74 Å². The fraction of sp³-hybridized carbons (Fsp3) is 0. The van der Waals surface area contributed by atoms with E-state index in [1.54, 1.807) is 0 Å². The van der Waals surface area contributed by atoms with Crippen LogP contribution in [-0.4, -0.2) is 4.92 Å². The number of nitro groups is 1. The Kier molecular flexibility index (Phi) is 4.03. The van der Waals surface area contributed by atoms with E-state index in [4.69, 9.17) is 26.9 Å².